The smallest absolute Gasteiger partial charge is 0.315 e. The van der Waals surface area contributed by atoms with Gasteiger partial charge in [-0.2, -0.15) is 11.3 Å². The molecule has 1 aromatic rings. The summed E-state index contributed by atoms with van der Waals surface area (Å²) in [5, 5.41) is 10.1. The number of amides is 2. The van der Waals surface area contributed by atoms with Crippen LogP contribution in [0.15, 0.2) is 16.8 Å². The van der Waals surface area contributed by atoms with Crippen LogP contribution in [0.1, 0.15) is 45.1 Å². The number of nitrogens with zero attached hydrogens (tertiary/aromatic N) is 1. The first-order chi connectivity index (χ1) is 10.7. The summed E-state index contributed by atoms with van der Waals surface area (Å²) in [4.78, 5) is 14.5. The molecule has 1 aliphatic rings. The van der Waals surface area contributed by atoms with Crippen LogP contribution in [-0.4, -0.2) is 36.6 Å². The summed E-state index contributed by atoms with van der Waals surface area (Å²) in [6.07, 6.45) is 5.26. The Hall–Kier alpha value is -1.07. The highest BCUT2D eigenvalue weighted by atomic mass is 32.1. The van der Waals surface area contributed by atoms with Gasteiger partial charge in [-0.1, -0.05) is 26.7 Å². The molecule has 2 rings (SSSR count). The lowest BCUT2D eigenvalue weighted by Gasteiger charge is -2.33. The number of carbonyl (C=O) groups excluding carboxylic acids is 1. The van der Waals surface area contributed by atoms with E-state index in [2.05, 4.69) is 34.8 Å². The molecule has 124 valence electrons. The average Bonchev–Trinajstić information content (AvgIpc) is 2.87. The fourth-order valence-electron chi connectivity index (χ4n) is 3.05. The van der Waals surface area contributed by atoms with Gasteiger partial charge >= 0.3 is 6.03 Å². The summed E-state index contributed by atoms with van der Waals surface area (Å²) in [5.41, 5.74) is 1.16. The molecule has 5 heteroatoms. The van der Waals surface area contributed by atoms with Gasteiger partial charge in [0.25, 0.3) is 0 Å². The summed E-state index contributed by atoms with van der Waals surface area (Å²) < 4.78 is 0. The van der Waals surface area contributed by atoms with Crippen LogP contribution in [0.25, 0.3) is 0 Å². The lowest BCUT2D eigenvalue weighted by Crippen LogP contribution is -2.49. The van der Waals surface area contributed by atoms with E-state index in [4.69, 9.17) is 0 Å². The molecule has 1 saturated heterocycles. The van der Waals surface area contributed by atoms with Crippen molar-refractivity contribution < 1.29 is 4.79 Å². The van der Waals surface area contributed by atoms with Crippen molar-refractivity contribution in [3.8, 4) is 0 Å². The molecule has 2 N–H and O–H groups in total. The lowest BCUT2D eigenvalue weighted by molar-refractivity contribution is 0.157. The van der Waals surface area contributed by atoms with E-state index in [0.29, 0.717) is 18.5 Å². The van der Waals surface area contributed by atoms with Gasteiger partial charge < -0.3 is 10.6 Å². The van der Waals surface area contributed by atoms with Gasteiger partial charge in [-0.15, -0.1) is 0 Å². The molecular weight excluding hydrogens is 294 g/mol. The fraction of sp³-hybridized carbons (Fsp3) is 0.706. The Balaban J connectivity index is 1.76. The molecule has 1 aromatic heterocycles. The molecule has 0 bridgehead atoms. The number of rotatable bonds is 6. The Morgan fingerprint density at radius 2 is 1.95 bits per heavy atom. The lowest BCUT2D eigenvalue weighted by atomic mass is 10.0. The summed E-state index contributed by atoms with van der Waals surface area (Å²) in [7, 11) is 0. The summed E-state index contributed by atoms with van der Waals surface area (Å²) >= 11 is 1.66. The maximum Gasteiger partial charge on any atom is 0.315 e. The Morgan fingerprint density at radius 1 is 1.23 bits per heavy atom. The second-order valence-corrected chi connectivity index (χ2v) is 7.24. The van der Waals surface area contributed by atoms with E-state index in [-0.39, 0.29) is 6.03 Å². The number of urea groups is 1. The number of likely N-dealkylation sites (tertiary alicyclic amines) is 1. The van der Waals surface area contributed by atoms with Crippen molar-refractivity contribution in [3.05, 3.63) is 22.4 Å². The Bertz CT molecular complexity index is 425. The van der Waals surface area contributed by atoms with E-state index in [1.807, 2.05) is 11.4 Å². The molecule has 1 atom stereocenters. The van der Waals surface area contributed by atoms with Crippen molar-refractivity contribution in [2.75, 3.05) is 19.6 Å². The van der Waals surface area contributed by atoms with Gasteiger partial charge in [-0.05, 0) is 54.2 Å². The molecule has 4 nitrogen and oxygen atoms in total. The van der Waals surface area contributed by atoms with E-state index < -0.39 is 0 Å². The predicted octanol–water partition coefficient (Wildman–Crippen LogP) is 3.45. The standard InChI is InChI=1S/C17H29N3OS/c1-14(2)16(20-8-5-3-4-6-9-20)12-19-17(21)18-11-15-7-10-22-13-15/h7,10,13-14,16H,3-6,8-9,11-12H2,1-2H3,(H2,18,19,21). The van der Waals surface area contributed by atoms with E-state index >= 15 is 0 Å². The van der Waals surface area contributed by atoms with Gasteiger partial charge in [-0.3, -0.25) is 4.90 Å². The van der Waals surface area contributed by atoms with Crippen LogP contribution in [-0.2, 0) is 6.54 Å². The first-order valence-corrected chi connectivity index (χ1v) is 9.38. The van der Waals surface area contributed by atoms with Crippen molar-refractivity contribution in [1.29, 1.82) is 0 Å². The third-order valence-electron chi connectivity index (χ3n) is 4.38. The highest BCUT2D eigenvalue weighted by Crippen LogP contribution is 2.17. The third kappa shape index (κ3) is 5.61. The fourth-order valence-corrected chi connectivity index (χ4v) is 3.72. The zero-order valence-electron chi connectivity index (χ0n) is 13.8. The average molecular weight is 324 g/mol. The minimum Gasteiger partial charge on any atom is -0.337 e. The maximum absolute atomic E-state index is 12.0. The van der Waals surface area contributed by atoms with Crippen LogP contribution in [0.2, 0.25) is 0 Å². The quantitative estimate of drug-likeness (QED) is 0.842. The molecule has 2 amide bonds. The molecule has 0 radical (unpaired) electrons. The monoisotopic (exact) mass is 323 g/mol. The molecule has 0 saturated carbocycles. The summed E-state index contributed by atoms with van der Waals surface area (Å²) in [6, 6.07) is 2.41. The van der Waals surface area contributed by atoms with Crippen molar-refractivity contribution in [2.45, 2.75) is 52.1 Å². The van der Waals surface area contributed by atoms with E-state index in [9.17, 15) is 4.79 Å². The Labute approximate surface area is 138 Å². The molecule has 0 aromatic carbocycles. The number of thiophene rings is 1. The topological polar surface area (TPSA) is 44.4 Å². The second-order valence-electron chi connectivity index (χ2n) is 6.46. The van der Waals surface area contributed by atoms with Gasteiger partial charge in [0.2, 0.25) is 0 Å². The first-order valence-electron chi connectivity index (χ1n) is 8.43. The number of hydrogen-bond acceptors (Lipinski definition) is 3. The molecule has 0 spiro atoms. The van der Waals surface area contributed by atoms with Crippen molar-refractivity contribution >= 4 is 17.4 Å². The molecule has 1 unspecified atom stereocenters. The Kier molecular flexibility index (Phi) is 7.19. The minimum atomic E-state index is -0.0633. The highest BCUT2D eigenvalue weighted by molar-refractivity contribution is 7.07. The molecule has 22 heavy (non-hydrogen) atoms. The van der Waals surface area contributed by atoms with Gasteiger partial charge in [-0.25, -0.2) is 4.79 Å². The van der Waals surface area contributed by atoms with Crippen LogP contribution >= 0.6 is 11.3 Å². The van der Waals surface area contributed by atoms with Crippen LogP contribution in [0.3, 0.4) is 0 Å². The van der Waals surface area contributed by atoms with E-state index in [1.165, 1.54) is 38.8 Å². The van der Waals surface area contributed by atoms with Crippen molar-refractivity contribution in [3.63, 3.8) is 0 Å². The van der Waals surface area contributed by atoms with Crippen molar-refractivity contribution in [2.24, 2.45) is 5.92 Å². The zero-order chi connectivity index (χ0) is 15.8. The highest BCUT2D eigenvalue weighted by Gasteiger charge is 2.23. The molecule has 1 fully saturated rings. The largest absolute Gasteiger partial charge is 0.337 e. The predicted molar refractivity (Wildman–Crippen MR) is 93.2 cm³/mol. The third-order valence-corrected chi connectivity index (χ3v) is 5.12. The summed E-state index contributed by atoms with van der Waals surface area (Å²) in [6.45, 7) is 8.17. The van der Waals surface area contributed by atoms with Gasteiger partial charge in [0.05, 0.1) is 0 Å². The van der Waals surface area contributed by atoms with Gasteiger partial charge in [0.15, 0.2) is 0 Å². The zero-order valence-corrected chi connectivity index (χ0v) is 14.6. The maximum atomic E-state index is 12.0. The second kappa shape index (κ2) is 9.16. The number of hydrogen-bond donors (Lipinski definition) is 2. The SMILES string of the molecule is CC(C)C(CNC(=O)NCc1ccsc1)N1CCCCCC1. The molecule has 1 aliphatic heterocycles. The van der Waals surface area contributed by atoms with Crippen LogP contribution < -0.4 is 10.6 Å². The molecule has 0 aliphatic carbocycles. The van der Waals surface area contributed by atoms with Gasteiger partial charge in [0, 0.05) is 19.1 Å². The number of nitrogens with one attached hydrogen (secondary N) is 2. The van der Waals surface area contributed by atoms with Crippen LogP contribution in [0, 0.1) is 5.92 Å². The van der Waals surface area contributed by atoms with Crippen LogP contribution in [0.5, 0.6) is 0 Å². The van der Waals surface area contributed by atoms with E-state index in [0.717, 1.165) is 12.1 Å². The van der Waals surface area contributed by atoms with Crippen molar-refractivity contribution in [1.82, 2.24) is 15.5 Å². The normalized spacial score (nSPS) is 18.0. The van der Waals surface area contributed by atoms with Gasteiger partial charge in [0.1, 0.15) is 0 Å². The molecular formula is C17H29N3OS. The first kappa shape index (κ1) is 17.3. The number of carbonyl (C=O) groups is 1. The van der Waals surface area contributed by atoms with Crippen LogP contribution in [0.4, 0.5) is 4.79 Å². The minimum absolute atomic E-state index is 0.0633. The van der Waals surface area contributed by atoms with E-state index in [1.54, 1.807) is 11.3 Å². The molecule has 2 heterocycles. The summed E-state index contributed by atoms with van der Waals surface area (Å²) in [5.74, 6) is 0.551. The Morgan fingerprint density at radius 3 is 2.55 bits per heavy atom.